The lowest BCUT2D eigenvalue weighted by molar-refractivity contribution is -0.143. The van der Waals surface area contributed by atoms with Crippen molar-refractivity contribution in [3.8, 4) is 12.1 Å². The maximum atomic E-state index is 11.8. The van der Waals surface area contributed by atoms with Gasteiger partial charge in [-0.25, -0.2) is 0 Å². The van der Waals surface area contributed by atoms with E-state index >= 15 is 0 Å². The first-order valence-electron chi connectivity index (χ1n) is 7.41. The Labute approximate surface area is 147 Å². The van der Waals surface area contributed by atoms with Gasteiger partial charge in [-0.15, -0.1) is 0 Å². The van der Waals surface area contributed by atoms with Crippen LogP contribution in [-0.4, -0.2) is 30.6 Å². The maximum Gasteiger partial charge on any atom is 0.310 e. The number of allylic oxidation sites excluding steroid dienone is 3. The Hall–Kier alpha value is -2.76. The average Bonchev–Trinajstić information content (AvgIpc) is 2.59. The molecule has 0 unspecified atom stereocenters. The highest BCUT2D eigenvalue weighted by molar-refractivity contribution is 6.30. The molecule has 0 spiro atoms. The molecular weight excluding hydrogens is 326 g/mol. The predicted octanol–water partition coefficient (Wildman–Crippen LogP) is 3.23. The molecule has 6 heteroatoms. The smallest absolute Gasteiger partial charge is 0.310 e. The maximum absolute atomic E-state index is 11.8. The minimum absolute atomic E-state index is 0.0386. The number of esters is 1. The van der Waals surface area contributed by atoms with Crippen molar-refractivity contribution in [2.45, 2.75) is 13.3 Å². The Kier molecular flexibility index (Phi) is 8.74. The van der Waals surface area contributed by atoms with Crippen molar-refractivity contribution in [2.75, 3.05) is 19.7 Å². The van der Waals surface area contributed by atoms with E-state index in [0.29, 0.717) is 18.1 Å². The normalized spacial score (nSPS) is 9.83. The van der Waals surface area contributed by atoms with E-state index in [4.69, 9.17) is 26.9 Å². The molecule has 124 valence electrons. The van der Waals surface area contributed by atoms with Gasteiger partial charge in [-0.3, -0.25) is 4.79 Å². The molecule has 0 aliphatic heterocycles. The van der Waals surface area contributed by atoms with E-state index in [0.717, 1.165) is 5.56 Å². The summed E-state index contributed by atoms with van der Waals surface area (Å²) in [6.45, 7) is 3.46. The molecule has 0 heterocycles. The average molecular weight is 344 g/mol. The highest BCUT2D eigenvalue weighted by atomic mass is 35.5. The summed E-state index contributed by atoms with van der Waals surface area (Å²) >= 11 is 5.79. The Morgan fingerprint density at radius 1 is 1.29 bits per heavy atom. The lowest BCUT2D eigenvalue weighted by Gasteiger charge is -2.17. The van der Waals surface area contributed by atoms with Crippen molar-refractivity contribution in [1.82, 2.24) is 4.90 Å². The molecule has 1 aromatic rings. The monoisotopic (exact) mass is 343 g/mol. The summed E-state index contributed by atoms with van der Waals surface area (Å²) < 4.78 is 5.21. The molecule has 0 aliphatic carbocycles. The van der Waals surface area contributed by atoms with Gasteiger partial charge in [-0.1, -0.05) is 23.7 Å². The minimum Gasteiger partial charge on any atom is -0.464 e. The quantitative estimate of drug-likeness (QED) is 0.411. The number of nitrogens with zero attached hydrogens (tertiary/aromatic N) is 3. The van der Waals surface area contributed by atoms with Crippen LogP contribution in [0, 0.1) is 22.7 Å². The number of rotatable bonds is 8. The Morgan fingerprint density at radius 2 is 1.96 bits per heavy atom. The number of halogens is 1. The van der Waals surface area contributed by atoms with Gasteiger partial charge < -0.3 is 9.64 Å². The number of benzene rings is 1. The van der Waals surface area contributed by atoms with Crippen molar-refractivity contribution in [3.05, 3.63) is 58.8 Å². The van der Waals surface area contributed by atoms with Crippen molar-refractivity contribution in [3.63, 3.8) is 0 Å². The van der Waals surface area contributed by atoms with Crippen molar-refractivity contribution in [1.29, 1.82) is 10.5 Å². The zero-order valence-electron chi connectivity index (χ0n) is 13.4. The summed E-state index contributed by atoms with van der Waals surface area (Å²) in [5.41, 5.74) is 0.888. The molecule has 5 nitrogen and oxygen atoms in total. The molecule has 24 heavy (non-hydrogen) atoms. The summed E-state index contributed by atoms with van der Waals surface area (Å²) in [5, 5.41) is 17.9. The second kappa shape index (κ2) is 10.9. The molecule has 0 aromatic heterocycles. The summed E-state index contributed by atoms with van der Waals surface area (Å²) in [7, 11) is 0. The van der Waals surface area contributed by atoms with Gasteiger partial charge in [0.25, 0.3) is 0 Å². The second-order valence-corrected chi connectivity index (χ2v) is 5.23. The van der Waals surface area contributed by atoms with Gasteiger partial charge in [0.15, 0.2) is 0 Å². The predicted molar refractivity (Wildman–Crippen MR) is 91.8 cm³/mol. The van der Waals surface area contributed by atoms with Gasteiger partial charge in [0.1, 0.15) is 24.3 Å². The van der Waals surface area contributed by atoms with E-state index in [-0.39, 0.29) is 24.6 Å². The van der Waals surface area contributed by atoms with E-state index in [1.54, 1.807) is 48.7 Å². The van der Waals surface area contributed by atoms with Gasteiger partial charge in [-0.05, 0) is 43.0 Å². The molecule has 0 fully saturated rings. The first-order chi connectivity index (χ1) is 11.6. The molecule has 0 N–H and O–H groups in total. The number of likely N-dealkylation sites (N-methyl/N-ethyl adjacent to an activating group) is 1. The first-order valence-corrected chi connectivity index (χ1v) is 7.79. The van der Waals surface area contributed by atoms with Crippen LogP contribution in [-0.2, 0) is 16.0 Å². The summed E-state index contributed by atoms with van der Waals surface area (Å²) in [5.74, 6) is -0.298. The van der Waals surface area contributed by atoms with Crippen LogP contribution >= 0.6 is 11.6 Å². The number of ether oxygens (including phenoxy) is 1. The van der Waals surface area contributed by atoms with Gasteiger partial charge in [0.2, 0.25) is 0 Å². The molecule has 0 saturated heterocycles. The second-order valence-electron chi connectivity index (χ2n) is 4.80. The van der Waals surface area contributed by atoms with Crippen LogP contribution < -0.4 is 0 Å². The Morgan fingerprint density at radius 3 is 2.54 bits per heavy atom. The SMILES string of the molecule is CCN(/C=C/C=C(C#N)C#N)CCOC(=O)Cc1ccc(Cl)cc1. The van der Waals surface area contributed by atoms with Gasteiger partial charge in [0.05, 0.1) is 13.0 Å². The van der Waals surface area contributed by atoms with Gasteiger partial charge >= 0.3 is 5.97 Å². The zero-order chi connectivity index (χ0) is 17.8. The van der Waals surface area contributed by atoms with E-state index in [1.807, 2.05) is 11.8 Å². The van der Waals surface area contributed by atoms with Crippen LogP contribution in [0.1, 0.15) is 12.5 Å². The van der Waals surface area contributed by atoms with E-state index in [9.17, 15) is 4.79 Å². The van der Waals surface area contributed by atoms with Crippen LogP contribution in [0.25, 0.3) is 0 Å². The topological polar surface area (TPSA) is 77.1 Å². The molecular formula is C18H18ClN3O2. The van der Waals surface area contributed by atoms with Crippen LogP contribution in [0.2, 0.25) is 5.02 Å². The largest absolute Gasteiger partial charge is 0.464 e. The van der Waals surface area contributed by atoms with E-state index in [2.05, 4.69) is 0 Å². The van der Waals surface area contributed by atoms with Crippen molar-refractivity contribution < 1.29 is 9.53 Å². The third-order valence-electron chi connectivity index (χ3n) is 3.11. The lowest BCUT2D eigenvalue weighted by Crippen LogP contribution is -2.23. The summed E-state index contributed by atoms with van der Waals surface area (Å²) in [6, 6.07) is 10.6. The highest BCUT2D eigenvalue weighted by Gasteiger charge is 2.05. The van der Waals surface area contributed by atoms with Gasteiger partial charge in [0, 0.05) is 11.6 Å². The number of hydrogen-bond donors (Lipinski definition) is 0. The minimum atomic E-state index is -0.298. The molecule has 0 amide bonds. The fourth-order valence-corrected chi connectivity index (χ4v) is 1.92. The Balaban J connectivity index is 2.38. The third-order valence-corrected chi connectivity index (χ3v) is 3.36. The number of hydrogen-bond acceptors (Lipinski definition) is 5. The lowest BCUT2D eigenvalue weighted by atomic mass is 10.1. The Bertz CT molecular complexity index is 666. The molecule has 1 aromatic carbocycles. The van der Waals surface area contributed by atoms with Crippen LogP contribution in [0.15, 0.2) is 48.2 Å². The number of carbonyl (C=O) groups excluding carboxylic acids is 1. The first kappa shape index (κ1) is 19.3. The zero-order valence-corrected chi connectivity index (χ0v) is 14.2. The highest BCUT2D eigenvalue weighted by Crippen LogP contribution is 2.10. The third kappa shape index (κ3) is 7.49. The van der Waals surface area contributed by atoms with Crippen molar-refractivity contribution in [2.24, 2.45) is 0 Å². The van der Waals surface area contributed by atoms with Crippen LogP contribution in [0.4, 0.5) is 0 Å². The van der Waals surface area contributed by atoms with Crippen LogP contribution in [0.3, 0.4) is 0 Å². The van der Waals surface area contributed by atoms with Crippen molar-refractivity contribution >= 4 is 17.6 Å². The molecule has 0 saturated carbocycles. The fraction of sp³-hybridized carbons (Fsp3) is 0.278. The van der Waals surface area contributed by atoms with Gasteiger partial charge in [-0.2, -0.15) is 10.5 Å². The molecule has 1 rings (SSSR count). The molecule has 0 bridgehead atoms. The number of nitriles is 2. The molecule has 0 atom stereocenters. The summed E-state index contributed by atoms with van der Waals surface area (Å²) in [6.07, 6.45) is 5.02. The fourth-order valence-electron chi connectivity index (χ4n) is 1.80. The standard InChI is InChI=1S/C18H18ClN3O2/c1-2-22(9-3-4-16(13-20)14-21)10-11-24-18(23)12-15-5-7-17(19)8-6-15/h3-9H,2,10-12H2,1H3/b9-3+. The summed E-state index contributed by atoms with van der Waals surface area (Å²) in [4.78, 5) is 13.7. The van der Waals surface area contributed by atoms with E-state index in [1.165, 1.54) is 6.08 Å². The molecule has 0 radical (unpaired) electrons. The van der Waals surface area contributed by atoms with E-state index < -0.39 is 0 Å². The molecule has 0 aliphatic rings. The number of carbonyl (C=O) groups is 1. The van der Waals surface area contributed by atoms with Crippen LogP contribution in [0.5, 0.6) is 0 Å².